The normalized spacial score (nSPS) is 20.8. The lowest BCUT2D eigenvalue weighted by atomic mass is 10.2. The van der Waals surface area contributed by atoms with E-state index in [0.717, 1.165) is 29.9 Å². The summed E-state index contributed by atoms with van der Waals surface area (Å²) < 4.78 is 27.2. The van der Waals surface area contributed by atoms with Gasteiger partial charge in [-0.2, -0.15) is 11.8 Å². The Labute approximate surface area is 112 Å². The van der Waals surface area contributed by atoms with Gasteiger partial charge in [0.25, 0.3) is 0 Å². The summed E-state index contributed by atoms with van der Waals surface area (Å²) in [6.07, 6.45) is 1.97. The number of anilines is 1. The maximum atomic E-state index is 12.2. The van der Waals surface area contributed by atoms with Crippen LogP contribution < -0.4 is 10.5 Å². The monoisotopic (exact) mass is 286 g/mol. The standard InChI is InChI=1S/C12H18N2O2S2/c1-9-5-10(13)7-12(6-9)18(15,16)14-11-3-2-4-17-8-11/h5-7,11,14H,2-4,8,13H2,1H3. The molecular formula is C12H18N2O2S2. The van der Waals surface area contributed by atoms with E-state index in [2.05, 4.69) is 4.72 Å². The van der Waals surface area contributed by atoms with Crippen molar-refractivity contribution in [3.8, 4) is 0 Å². The summed E-state index contributed by atoms with van der Waals surface area (Å²) in [5.74, 6) is 1.97. The predicted octanol–water partition coefficient (Wildman–Crippen LogP) is 1.75. The molecule has 1 heterocycles. The number of rotatable bonds is 3. The van der Waals surface area contributed by atoms with Crippen LogP contribution in [0.2, 0.25) is 0 Å². The Kier molecular flexibility index (Phi) is 4.19. The number of nitrogens with two attached hydrogens (primary N) is 1. The Morgan fingerprint density at radius 2 is 2.17 bits per heavy atom. The maximum Gasteiger partial charge on any atom is 0.240 e. The van der Waals surface area contributed by atoms with Crippen molar-refractivity contribution in [3.05, 3.63) is 23.8 Å². The van der Waals surface area contributed by atoms with Crippen LogP contribution in [0, 0.1) is 6.92 Å². The molecule has 0 radical (unpaired) electrons. The van der Waals surface area contributed by atoms with E-state index in [-0.39, 0.29) is 10.9 Å². The van der Waals surface area contributed by atoms with Gasteiger partial charge in [-0.1, -0.05) is 0 Å². The Hall–Kier alpha value is -0.720. The van der Waals surface area contributed by atoms with E-state index in [1.165, 1.54) is 6.07 Å². The smallest absolute Gasteiger partial charge is 0.240 e. The third-order valence-corrected chi connectivity index (χ3v) is 5.58. The Bertz CT molecular complexity index is 503. The molecule has 1 aromatic rings. The second-order valence-corrected chi connectivity index (χ2v) is 7.48. The zero-order valence-electron chi connectivity index (χ0n) is 10.3. The van der Waals surface area contributed by atoms with Crippen LogP contribution in [-0.2, 0) is 10.0 Å². The molecule has 0 saturated carbocycles. The van der Waals surface area contributed by atoms with Crippen LogP contribution in [0.25, 0.3) is 0 Å². The molecule has 1 fully saturated rings. The summed E-state index contributed by atoms with van der Waals surface area (Å²) in [7, 11) is -3.45. The van der Waals surface area contributed by atoms with Crippen molar-refractivity contribution in [1.82, 2.24) is 4.72 Å². The largest absolute Gasteiger partial charge is 0.399 e. The molecule has 1 unspecified atom stereocenters. The number of sulfonamides is 1. The number of aryl methyl sites for hydroxylation is 1. The third-order valence-electron chi connectivity index (χ3n) is 2.87. The molecule has 1 saturated heterocycles. The van der Waals surface area contributed by atoms with Crippen molar-refractivity contribution in [3.63, 3.8) is 0 Å². The molecule has 6 heteroatoms. The lowest BCUT2D eigenvalue weighted by Crippen LogP contribution is -2.38. The molecule has 1 aliphatic heterocycles. The van der Waals surface area contributed by atoms with Crippen molar-refractivity contribution in [2.75, 3.05) is 17.2 Å². The number of hydrogen-bond acceptors (Lipinski definition) is 4. The van der Waals surface area contributed by atoms with E-state index in [1.807, 2.05) is 6.92 Å². The summed E-state index contributed by atoms with van der Waals surface area (Å²) in [5, 5.41) is 0. The first kappa shape index (κ1) is 13.7. The number of nitrogen functional groups attached to an aromatic ring is 1. The molecule has 100 valence electrons. The van der Waals surface area contributed by atoms with Gasteiger partial charge in [0.15, 0.2) is 0 Å². The van der Waals surface area contributed by atoms with Crippen molar-refractivity contribution in [2.45, 2.75) is 30.7 Å². The van der Waals surface area contributed by atoms with E-state index in [4.69, 9.17) is 5.73 Å². The molecule has 0 bridgehead atoms. The van der Waals surface area contributed by atoms with Crippen LogP contribution in [0.1, 0.15) is 18.4 Å². The molecule has 0 amide bonds. The van der Waals surface area contributed by atoms with Crippen molar-refractivity contribution >= 4 is 27.5 Å². The highest BCUT2D eigenvalue weighted by Gasteiger charge is 2.22. The quantitative estimate of drug-likeness (QED) is 0.830. The molecular weight excluding hydrogens is 268 g/mol. The van der Waals surface area contributed by atoms with Crippen LogP contribution in [0.5, 0.6) is 0 Å². The van der Waals surface area contributed by atoms with Gasteiger partial charge in [-0.25, -0.2) is 13.1 Å². The lowest BCUT2D eigenvalue weighted by Gasteiger charge is -2.22. The minimum atomic E-state index is -3.45. The fourth-order valence-electron chi connectivity index (χ4n) is 2.05. The number of thioether (sulfide) groups is 1. The van der Waals surface area contributed by atoms with Gasteiger partial charge in [-0.15, -0.1) is 0 Å². The summed E-state index contributed by atoms with van der Waals surface area (Å²) in [4.78, 5) is 0.260. The first-order valence-electron chi connectivity index (χ1n) is 5.94. The average molecular weight is 286 g/mol. The molecule has 1 aromatic carbocycles. The van der Waals surface area contributed by atoms with Gasteiger partial charge in [0.1, 0.15) is 0 Å². The Balaban J connectivity index is 2.19. The summed E-state index contributed by atoms with van der Waals surface area (Å²) in [6.45, 7) is 1.84. The minimum Gasteiger partial charge on any atom is -0.399 e. The summed E-state index contributed by atoms with van der Waals surface area (Å²) in [5.41, 5.74) is 7.03. The number of hydrogen-bond donors (Lipinski definition) is 2. The Morgan fingerprint density at radius 3 is 2.78 bits per heavy atom. The fourth-order valence-corrected chi connectivity index (χ4v) is 4.64. The highest BCUT2D eigenvalue weighted by molar-refractivity contribution is 7.99. The first-order valence-corrected chi connectivity index (χ1v) is 8.58. The Morgan fingerprint density at radius 1 is 1.39 bits per heavy atom. The minimum absolute atomic E-state index is 0.0375. The highest BCUT2D eigenvalue weighted by Crippen LogP contribution is 2.21. The van der Waals surface area contributed by atoms with Gasteiger partial charge < -0.3 is 5.73 Å². The molecule has 18 heavy (non-hydrogen) atoms. The van der Waals surface area contributed by atoms with Crippen molar-refractivity contribution in [1.29, 1.82) is 0 Å². The predicted molar refractivity (Wildman–Crippen MR) is 76.3 cm³/mol. The van der Waals surface area contributed by atoms with Gasteiger partial charge in [-0.3, -0.25) is 0 Å². The van der Waals surface area contributed by atoms with Crippen LogP contribution in [-0.4, -0.2) is 26.0 Å². The second kappa shape index (κ2) is 5.50. The van der Waals surface area contributed by atoms with E-state index in [9.17, 15) is 8.42 Å². The third kappa shape index (κ3) is 3.40. The van der Waals surface area contributed by atoms with Gasteiger partial charge in [-0.05, 0) is 49.3 Å². The molecule has 0 spiro atoms. The molecule has 0 aliphatic carbocycles. The summed E-state index contributed by atoms with van der Waals surface area (Å²) in [6, 6.07) is 4.95. The molecule has 4 nitrogen and oxygen atoms in total. The topological polar surface area (TPSA) is 72.2 Å². The van der Waals surface area contributed by atoms with Gasteiger partial charge in [0, 0.05) is 17.5 Å². The first-order chi connectivity index (χ1) is 8.47. The lowest BCUT2D eigenvalue weighted by molar-refractivity contribution is 0.543. The number of nitrogens with one attached hydrogen (secondary N) is 1. The molecule has 1 aliphatic rings. The second-order valence-electron chi connectivity index (χ2n) is 4.61. The van der Waals surface area contributed by atoms with E-state index in [0.29, 0.717) is 5.69 Å². The van der Waals surface area contributed by atoms with Gasteiger partial charge in [0.05, 0.1) is 4.90 Å². The van der Waals surface area contributed by atoms with Crippen LogP contribution in [0.3, 0.4) is 0 Å². The average Bonchev–Trinajstić information content (AvgIpc) is 2.28. The molecule has 2 rings (SSSR count). The highest BCUT2D eigenvalue weighted by atomic mass is 32.2. The van der Waals surface area contributed by atoms with Crippen LogP contribution >= 0.6 is 11.8 Å². The van der Waals surface area contributed by atoms with Crippen LogP contribution in [0.4, 0.5) is 5.69 Å². The molecule has 1 atom stereocenters. The zero-order valence-corrected chi connectivity index (χ0v) is 12.0. The van der Waals surface area contributed by atoms with Gasteiger partial charge >= 0.3 is 0 Å². The van der Waals surface area contributed by atoms with E-state index < -0.39 is 10.0 Å². The van der Waals surface area contributed by atoms with Crippen LogP contribution in [0.15, 0.2) is 23.1 Å². The van der Waals surface area contributed by atoms with E-state index in [1.54, 1.807) is 23.9 Å². The van der Waals surface area contributed by atoms with Gasteiger partial charge in [0.2, 0.25) is 10.0 Å². The van der Waals surface area contributed by atoms with Crippen molar-refractivity contribution in [2.24, 2.45) is 0 Å². The SMILES string of the molecule is Cc1cc(N)cc(S(=O)(=O)NC2CCCSC2)c1. The molecule has 0 aromatic heterocycles. The zero-order chi connectivity index (χ0) is 13.2. The molecule has 3 N–H and O–H groups in total. The fraction of sp³-hybridized carbons (Fsp3) is 0.500. The van der Waals surface area contributed by atoms with E-state index >= 15 is 0 Å². The maximum absolute atomic E-state index is 12.2. The summed E-state index contributed by atoms with van der Waals surface area (Å²) >= 11 is 1.79. The van der Waals surface area contributed by atoms with Crippen molar-refractivity contribution < 1.29 is 8.42 Å². The number of benzene rings is 1.